The zero-order valence-corrected chi connectivity index (χ0v) is 17.8. The van der Waals surface area contributed by atoms with Crippen LogP contribution in [0.2, 0.25) is 0 Å². The molecule has 0 atom stereocenters. The van der Waals surface area contributed by atoms with Gasteiger partial charge in [-0.05, 0) is 73.1 Å². The first-order valence-electron chi connectivity index (χ1n) is 11.1. The summed E-state index contributed by atoms with van der Waals surface area (Å²) in [5.41, 5.74) is 1.18. The summed E-state index contributed by atoms with van der Waals surface area (Å²) in [4.78, 5) is 13.0. The lowest BCUT2D eigenvalue weighted by molar-refractivity contribution is -0.185. The van der Waals surface area contributed by atoms with Gasteiger partial charge in [0, 0.05) is 19.6 Å². The standard InChI is InChI=1S/C24H28F3NO4/c25-24(26,27)19-4-7-20(8-5-19)31-22-6-3-17-13-16(1-2-18(17)14-22)15-28-11-9-21(10-12-28)32-23(29)30/h1-3,6,13-14,19-21H,4-5,7-12,15H2,(H,29,30). The Morgan fingerprint density at radius 3 is 2.25 bits per heavy atom. The van der Waals surface area contributed by atoms with E-state index in [0.29, 0.717) is 31.4 Å². The number of alkyl halides is 3. The van der Waals surface area contributed by atoms with Crippen molar-refractivity contribution in [2.45, 2.75) is 63.5 Å². The van der Waals surface area contributed by atoms with Gasteiger partial charge in [-0.3, -0.25) is 4.90 Å². The van der Waals surface area contributed by atoms with E-state index in [4.69, 9.17) is 14.6 Å². The second-order valence-electron chi connectivity index (χ2n) is 8.84. The van der Waals surface area contributed by atoms with Crippen LogP contribution in [0.15, 0.2) is 36.4 Å². The molecule has 2 aliphatic rings. The maximum Gasteiger partial charge on any atom is 0.506 e. The fourth-order valence-corrected chi connectivity index (χ4v) is 4.73. The Bertz CT molecular complexity index is 932. The highest BCUT2D eigenvalue weighted by molar-refractivity contribution is 5.84. The normalized spacial score (nSPS) is 23.2. The van der Waals surface area contributed by atoms with Crippen molar-refractivity contribution in [1.29, 1.82) is 0 Å². The first-order chi connectivity index (χ1) is 15.3. The Morgan fingerprint density at radius 2 is 1.59 bits per heavy atom. The van der Waals surface area contributed by atoms with Crippen LogP contribution in [0.4, 0.5) is 18.0 Å². The van der Waals surface area contributed by atoms with Crippen LogP contribution < -0.4 is 4.74 Å². The molecule has 5 nitrogen and oxygen atoms in total. The zero-order chi connectivity index (χ0) is 22.7. The van der Waals surface area contributed by atoms with Crippen molar-refractivity contribution in [3.8, 4) is 5.75 Å². The lowest BCUT2D eigenvalue weighted by atomic mass is 9.87. The largest absolute Gasteiger partial charge is 0.506 e. The van der Waals surface area contributed by atoms with E-state index in [0.717, 1.165) is 30.4 Å². The van der Waals surface area contributed by atoms with Crippen LogP contribution in [0.25, 0.3) is 10.8 Å². The molecular weight excluding hydrogens is 423 g/mol. The van der Waals surface area contributed by atoms with Crippen molar-refractivity contribution < 1.29 is 32.5 Å². The van der Waals surface area contributed by atoms with Crippen LogP contribution in [0.1, 0.15) is 44.1 Å². The van der Waals surface area contributed by atoms with E-state index in [1.807, 2.05) is 24.3 Å². The fourth-order valence-electron chi connectivity index (χ4n) is 4.73. The van der Waals surface area contributed by atoms with Crippen LogP contribution in [-0.4, -0.2) is 47.6 Å². The molecule has 1 N–H and O–H groups in total. The van der Waals surface area contributed by atoms with Crippen molar-refractivity contribution in [3.63, 3.8) is 0 Å². The van der Waals surface area contributed by atoms with Crippen LogP contribution in [0.3, 0.4) is 0 Å². The van der Waals surface area contributed by atoms with Crippen LogP contribution in [-0.2, 0) is 11.3 Å². The third-order valence-corrected chi connectivity index (χ3v) is 6.52. The summed E-state index contributed by atoms with van der Waals surface area (Å²) in [7, 11) is 0. The van der Waals surface area contributed by atoms with Gasteiger partial charge in [-0.15, -0.1) is 0 Å². The molecule has 0 aromatic heterocycles. The monoisotopic (exact) mass is 451 g/mol. The summed E-state index contributed by atoms with van der Waals surface area (Å²) in [6, 6.07) is 12.1. The molecule has 2 aromatic rings. The summed E-state index contributed by atoms with van der Waals surface area (Å²) < 4.78 is 49.4. The highest BCUT2D eigenvalue weighted by Gasteiger charge is 2.41. The van der Waals surface area contributed by atoms with Gasteiger partial charge in [-0.25, -0.2) is 4.79 Å². The average Bonchev–Trinajstić information content (AvgIpc) is 2.75. The number of hydrogen-bond donors (Lipinski definition) is 1. The van der Waals surface area contributed by atoms with Gasteiger partial charge in [-0.1, -0.05) is 18.2 Å². The quantitative estimate of drug-likeness (QED) is 0.565. The minimum absolute atomic E-state index is 0.130. The molecule has 2 fully saturated rings. The van der Waals surface area contributed by atoms with Gasteiger partial charge in [0.25, 0.3) is 0 Å². The van der Waals surface area contributed by atoms with Gasteiger partial charge in [-0.2, -0.15) is 13.2 Å². The van der Waals surface area contributed by atoms with E-state index in [-0.39, 0.29) is 25.0 Å². The maximum absolute atomic E-state index is 12.8. The molecule has 0 amide bonds. The molecule has 0 radical (unpaired) electrons. The predicted molar refractivity (Wildman–Crippen MR) is 114 cm³/mol. The van der Waals surface area contributed by atoms with E-state index in [1.165, 1.54) is 5.56 Å². The van der Waals surface area contributed by atoms with Gasteiger partial charge >= 0.3 is 12.3 Å². The number of fused-ring (bicyclic) bond motifs is 1. The molecule has 0 bridgehead atoms. The number of hydrogen-bond acceptors (Lipinski definition) is 4. The minimum Gasteiger partial charge on any atom is -0.490 e. The van der Waals surface area contributed by atoms with Crippen molar-refractivity contribution >= 4 is 16.9 Å². The van der Waals surface area contributed by atoms with E-state index in [9.17, 15) is 18.0 Å². The Balaban J connectivity index is 1.31. The summed E-state index contributed by atoms with van der Waals surface area (Å²) in [6.45, 7) is 2.37. The molecule has 1 heterocycles. The summed E-state index contributed by atoms with van der Waals surface area (Å²) in [5.74, 6) is -0.505. The number of benzene rings is 2. The highest BCUT2D eigenvalue weighted by Crippen LogP contribution is 2.38. The molecule has 1 saturated carbocycles. The first-order valence-corrected chi connectivity index (χ1v) is 11.1. The average molecular weight is 451 g/mol. The molecular formula is C24H28F3NO4. The summed E-state index contributed by atoms with van der Waals surface area (Å²) in [6.07, 6.45) is -3.19. The molecule has 8 heteroatoms. The van der Waals surface area contributed by atoms with Crippen LogP contribution in [0.5, 0.6) is 5.75 Å². The van der Waals surface area contributed by atoms with E-state index in [1.54, 1.807) is 0 Å². The second kappa shape index (κ2) is 9.57. The number of ether oxygens (including phenoxy) is 2. The molecule has 1 aliphatic carbocycles. The zero-order valence-electron chi connectivity index (χ0n) is 17.8. The number of halogens is 3. The predicted octanol–water partition coefficient (Wildman–Crippen LogP) is 6.00. The number of rotatable bonds is 5. The van der Waals surface area contributed by atoms with Crippen molar-refractivity contribution in [3.05, 3.63) is 42.0 Å². The van der Waals surface area contributed by atoms with Gasteiger partial charge < -0.3 is 14.6 Å². The third kappa shape index (κ3) is 5.85. The smallest absolute Gasteiger partial charge is 0.490 e. The fraction of sp³-hybridized carbons (Fsp3) is 0.542. The molecule has 0 unspecified atom stereocenters. The second-order valence-corrected chi connectivity index (χ2v) is 8.84. The number of carbonyl (C=O) groups is 1. The molecule has 0 spiro atoms. The van der Waals surface area contributed by atoms with E-state index >= 15 is 0 Å². The van der Waals surface area contributed by atoms with E-state index in [2.05, 4.69) is 17.0 Å². The Labute approximate surface area is 185 Å². The Kier molecular flexibility index (Phi) is 6.79. The number of likely N-dealkylation sites (tertiary alicyclic amines) is 1. The Morgan fingerprint density at radius 1 is 0.938 bits per heavy atom. The Hall–Kier alpha value is -2.48. The van der Waals surface area contributed by atoms with Gasteiger partial charge in [0.2, 0.25) is 0 Å². The highest BCUT2D eigenvalue weighted by atomic mass is 19.4. The molecule has 32 heavy (non-hydrogen) atoms. The minimum atomic E-state index is -4.10. The summed E-state index contributed by atoms with van der Waals surface area (Å²) >= 11 is 0. The van der Waals surface area contributed by atoms with Gasteiger partial charge in [0.1, 0.15) is 11.9 Å². The van der Waals surface area contributed by atoms with Gasteiger partial charge in [0.15, 0.2) is 0 Å². The third-order valence-electron chi connectivity index (χ3n) is 6.52. The first kappa shape index (κ1) is 22.7. The molecule has 4 rings (SSSR count). The van der Waals surface area contributed by atoms with Crippen molar-refractivity contribution in [2.75, 3.05) is 13.1 Å². The van der Waals surface area contributed by atoms with E-state index < -0.39 is 18.2 Å². The molecule has 1 aliphatic heterocycles. The lowest BCUT2D eigenvalue weighted by Crippen LogP contribution is -2.37. The van der Waals surface area contributed by atoms with Crippen molar-refractivity contribution in [2.24, 2.45) is 5.92 Å². The molecule has 174 valence electrons. The van der Waals surface area contributed by atoms with Gasteiger partial charge in [0.05, 0.1) is 12.0 Å². The SMILES string of the molecule is O=C(O)OC1CCN(Cc2ccc3cc(OC4CCC(C(F)(F)F)CC4)ccc3c2)CC1. The number of nitrogens with zero attached hydrogens (tertiary/aromatic N) is 1. The maximum atomic E-state index is 12.8. The molecule has 1 saturated heterocycles. The lowest BCUT2D eigenvalue weighted by Gasteiger charge is -2.31. The van der Waals surface area contributed by atoms with Crippen LogP contribution in [0, 0.1) is 5.92 Å². The summed E-state index contributed by atoms with van der Waals surface area (Å²) in [5, 5.41) is 10.8. The topological polar surface area (TPSA) is 59.0 Å². The molecule has 2 aromatic carbocycles. The number of carboxylic acid groups (broad SMARTS) is 1. The van der Waals surface area contributed by atoms with Crippen molar-refractivity contribution in [1.82, 2.24) is 4.90 Å². The van der Waals surface area contributed by atoms with Crippen LogP contribution >= 0.6 is 0 Å². The number of piperidine rings is 1.